The Balaban J connectivity index is 2.71. The Morgan fingerprint density at radius 1 is 1.05 bits per heavy atom. The Kier molecular flexibility index (Phi) is 3.26. The molecule has 0 aliphatic rings. The smallest absolute Gasteiger partial charge is 0.330 e. The van der Waals surface area contributed by atoms with Crippen LogP contribution in [0, 0.1) is 0 Å². The summed E-state index contributed by atoms with van der Waals surface area (Å²) in [5.74, 6) is -4.80. The summed E-state index contributed by atoms with van der Waals surface area (Å²) in [5, 5.41) is 1.90. The number of anilines is 1. The van der Waals surface area contributed by atoms with Gasteiger partial charge in [0.15, 0.2) is 11.5 Å². The van der Waals surface area contributed by atoms with Crippen LogP contribution in [0.1, 0.15) is 18.6 Å². The summed E-state index contributed by atoms with van der Waals surface area (Å²) in [7, 11) is 0. The van der Waals surface area contributed by atoms with Crippen LogP contribution in [0.2, 0.25) is 0 Å². The van der Waals surface area contributed by atoms with Crippen molar-refractivity contribution in [2.75, 3.05) is 5.32 Å². The van der Waals surface area contributed by atoms with Gasteiger partial charge in [0.25, 0.3) is 0 Å². The van der Waals surface area contributed by atoms with E-state index < -0.39 is 46.9 Å². The second kappa shape index (κ2) is 4.56. The summed E-state index contributed by atoms with van der Waals surface area (Å²) in [6, 6.07) is 0. The van der Waals surface area contributed by atoms with E-state index in [4.69, 9.17) is 0 Å². The van der Waals surface area contributed by atoms with Crippen molar-refractivity contribution in [2.24, 2.45) is 0 Å². The third-order valence-electron chi connectivity index (χ3n) is 2.17. The monoisotopic (exact) mass is 313 g/mol. The molecule has 21 heavy (non-hydrogen) atoms. The number of carbonyl (C=O) groups is 1. The zero-order chi connectivity index (χ0) is 16.0. The van der Waals surface area contributed by atoms with Gasteiger partial charge < -0.3 is 10.3 Å². The number of amides is 1. The molecule has 12 heteroatoms. The molecule has 0 unspecified atom stereocenters. The fourth-order valence-electron chi connectivity index (χ4n) is 1.42. The van der Waals surface area contributed by atoms with Crippen LogP contribution >= 0.6 is 0 Å². The van der Waals surface area contributed by atoms with Crippen molar-refractivity contribution in [3.05, 3.63) is 11.6 Å². The van der Waals surface area contributed by atoms with Crippen LogP contribution in [0.25, 0.3) is 11.2 Å². The van der Waals surface area contributed by atoms with Crippen LogP contribution in [0.5, 0.6) is 0 Å². The maximum atomic E-state index is 12.6. The summed E-state index contributed by atoms with van der Waals surface area (Å²) in [4.78, 5) is 21.5. The van der Waals surface area contributed by atoms with Crippen molar-refractivity contribution in [3.8, 4) is 0 Å². The number of halogens is 6. The molecule has 6 nitrogen and oxygen atoms in total. The molecule has 0 fully saturated rings. The van der Waals surface area contributed by atoms with Gasteiger partial charge >= 0.3 is 12.4 Å². The molecule has 0 saturated heterocycles. The van der Waals surface area contributed by atoms with E-state index >= 15 is 0 Å². The Hall–Kier alpha value is -2.40. The van der Waals surface area contributed by atoms with E-state index in [9.17, 15) is 31.1 Å². The summed E-state index contributed by atoms with van der Waals surface area (Å²) >= 11 is 0. The first kappa shape index (κ1) is 15.0. The number of hydrogen-bond acceptors (Lipinski definition) is 4. The van der Waals surface area contributed by atoms with E-state index in [-0.39, 0.29) is 0 Å². The number of aromatic amines is 1. The molecule has 0 radical (unpaired) electrons. The topological polar surface area (TPSA) is 83.6 Å². The van der Waals surface area contributed by atoms with Crippen molar-refractivity contribution in [3.63, 3.8) is 0 Å². The lowest BCUT2D eigenvalue weighted by atomic mass is 10.4. The highest BCUT2D eigenvalue weighted by molar-refractivity contribution is 5.95. The highest BCUT2D eigenvalue weighted by atomic mass is 19.4. The van der Waals surface area contributed by atoms with Crippen molar-refractivity contribution in [1.82, 2.24) is 19.9 Å². The van der Waals surface area contributed by atoms with Gasteiger partial charge in [-0.05, 0) is 0 Å². The molecule has 2 aromatic heterocycles. The Labute approximate surface area is 111 Å². The Morgan fingerprint density at radius 3 is 2.14 bits per heavy atom. The third-order valence-corrected chi connectivity index (χ3v) is 2.17. The average Bonchev–Trinajstić information content (AvgIpc) is 2.70. The van der Waals surface area contributed by atoms with Crippen LogP contribution in [-0.2, 0) is 17.1 Å². The second-order valence-corrected chi connectivity index (χ2v) is 3.86. The van der Waals surface area contributed by atoms with Gasteiger partial charge in [0.05, 0.1) is 0 Å². The minimum atomic E-state index is -5.00. The molecular formula is C9H5F6N5O. The zero-order valence-electron chi connectivity index (χ0n) is 10.0. The first-order valence-corrected chi connectivity index (χ1v) is 5.18. The molecule has 0 atom stereocenters. The molecular weight excluding hydrogens is 308 g/mol. The Morgan fingerprint density at radius 2 is 1.67 bits per heavy atom. The number of aromatic nitrogens is 4. The number of H-pyrrole nitrogens is 1. The van der Waals surface area contributed by atoms with Crippen molar-refractivity contribution in [2.45, 2.75) is 19.3 Å². The molecule has 2 N–H and O–H groups in total. The molecule has 0 aromatic carbocycles. The van der Waals surface area contributed by atoms with Crippen molar-refractivity contribution >= 4 is 22.9 Å². The van der Waals surface area contributed by atoms with Crippen molar-refractivity contribution < 1.29 is 31.1 Å². The molecule has 0 bridgehead atoms. The number of nitrogens with one attached hydrogen (secondary N) is 2. The molecule has 114 valence electrons. The van der Waals surface area contributed by atoms with Crippen LogP contribution in [0.3, 0.4) is 0 Å². The molecule has 0 aliphatic carbocycles. The maximum Gasteiger partial charge on any atom is 0.451 e. The van der Waals surface area contributed by atoms with Crippen LogP contribution in [0.4, 0.5) is 32.2 Å². The van der Waals surface area contributed by atoms with Crippen LogP contribution in [0.15, 0.2) is 0 Å². The summed E-state index contributed by atoms with van der Waals surface area (Å²) in [6.07, 6.45) is -9.91. The summed E-state index contributed by atoms with van der Waals surface area (Å²) in [5.41, 5.74) is -1.40. The van der Waals surface area contributed by atoms with Gasteiger partial charge in [0.2, 0.25) is 17.6 Å². The standard InChI is InChI=1S/C9H5F6N5O/c1-2(21)16-4-3-5(19-6(17-3)8(10,11)12)20-7(18-4)9(13,14)15/h1H3,(H2,16,17,18,19,20,21). The molecule has 1 amide bonds. The molecule has 2 aromatic rings. The third kappa shape index (κ3) is 3.03. The SMILES string of the molecule is CC(=O)Nc1nc(C(F)(F)F)nc2nc(C(F)(F)F)[nH]c12. The van der Waals surface area contributed by atoms with E-state index in [1.54, 1.807) is 4.98 Å². The van der Waals surface area contributed by atoms with E-state index in [1.165, 1.54) is 0 Å². The summed E-state index contributed by atoms with van der Waals surface area (Å²) < 4.78 is 75.2. The average molecular weight is 313 g/mol. The number of fused-ring (bicyclic) bond motifs is 1. The normalized spacial score (nSPS) is 12.7. The van der Waals surface area contributed by atoms with Gasteiger partial charge in [-0.25, -0.2) is 15.0 Å². The van der Waals surface area contributed by atoms with E-state index in [0.29, 0.717) is 0 Å². The first-order valence-electron chi connectivity index (χ1n) is 5.18. The second-order valence-electron chi connectivity index (χ2n) is 3.86. The minimum absolute atomic E-state index is 0.550. The lowest BCUT2D eigenvalue weighted by Gasteiger charge is -2.07. The first-order chi connectivity index (χ1) is 9.48. The van der Waals surface area contributed by atoms with E-state index in [0.717, 1.165) is 6.92 Å². The van der Waals surface area contributed by atoms with Crippen LogP contribution in [-0.4, -0.2) is 25.8 Å². The highest BCUT2D eigenvalue weighted by Gasteiger charge is 2.39. The minimum Gasteiger partial charge on any atom is -0.330 e. The predicted molar refractivity (Wildman–Crippen MR) is 56.0 cm³/mol. The quantitative estimate of drug-likeness (QED) is 0.792. The largest absolute Gasteiger partial charge is 0.451 e. The predicted octanol–water partition coefficient (Wildman–Crippen LogP) is 2.35. The molecule has 0 spiro atoms. The fourth-order valence-corrected chi connectivity index (χ4v) is 1.42. The number of carbonyl (C=O) groups excluding carboxylic acids is 1. The lowest BCUT2D eigenvalue weighted by molar-refractivity contribution is -0.144. The number of hydrogen-bond donors (Lipinski definition) is 2. The van der Waals surface area contributed by atoms with E-state index in [2.05, 4.69) is 15.0 Å². The van der Waals surface area contributed by atoms with Gasteiger partial charge in [-0.3, -0.25) is 4.79 Å². The number of alkyl halides is 6. The van der Waals surface area contributed by atoms with Gasteiger partial charge in [0, 0.05) is 6.92 Å². The maximum absolute atomic E-state index is 12.6. The van der Waals surface area contributed by atoms with E-state index in [1.807, 2.05) is 5.32 Å². The molecule has 0 aliphatic heterocycles. The zero-order valence-corrected chi connectivity index (χ0v) is 10.0. The fraction of sp³-hybridized carbons (Fsp3) is 0.333. The van der Waals surface area contributed by atoms with Gasteiger partial charge in [-0.15, -0.1) is 0 Å². The molecule has 2 rings (SSSR count). The highest BCUT2D eigenvalue weighted by Crippen LogP contribution is 2.32. The number of imidazole rings is 1. The summed E-state index contributed by atoms with van der Waals surface area (Å²) in [6.45, 7) is 0.961. The van der Waals surface area contributed by atoms with Gasteiger partial charge in [0.1, 0.15) is 5.52 Å². The Bertz CT molecular complexity index is 703. The number of nitrogens with zero attached hydrogens (tertiary/aromatic N) is 3. The van der Waals surface area contributed by atoms with Gasteiger partial charge in [-0.1, -0.05) is 0 Å². The van der Waals surface area contributed by atoms with Crippen LogP contribution < -0.4 is 5.32 Å². The lowest BCUT2D eigenvalue weighted by Crippen LogP contribution is -2.15. The van der Waals surface area contributed by atoms with Crippen molar-refractivity contribution in [1.29, 1.82) is 0 Å². The molecule has 0 saturated carbocycles. The van der Waals surface area contributed by atoms with Gasteiger partial charge in [-0.2, -0.15) is 26.3 Å². The molecule has 2 heterocycles. The number of rotatable bonds is 1.